The maximum Gasteiger partial charge on any atom is 0.253 e. The molecule has 0 aliphatic carbocycles. The van der Waals surface area contributed by atoms with Crippen LogP contribution in [-0.2, 0) is 4.79 Å². The standard InChI is InChI=1S/C27H25N5O2S/c1-18-8-10-21(11-9-18)26-28-27(30-29-26)35-17-25(33)32-24(20-12-14-22(34-2)15-13-20)16-23(31-32)19-6-4-3-5-7-19/h3-15,24H,16-17H2,1-2H3,(H,28,29,30)/t24-/m0/s1. The van der Waals surface area contributed by atoms with E-state index in [0.29, 0.717) is 17.4 Å². The summed E-state index contributed by atoms with van der Waals surface area (Å²) < 4.78 is 5.29. The van der Waals surface area contributed by atoms with Gasteiger partial charge in [-0.15, -0.1) is 5.10 Å². The molecule has 0 fully saturated rings. The van der Waals surface area contributed by atoms with Crippen LogP contribution < -0.4 is 4.74 Å². The third-order valence-corrected chi connectivity index (χ3v) is 6.72. The van der Waals surface area contributed by atoms with E-state index in [9.17, 15) is 4.79 Å². The Kier molecular flexibility index (Phi) is 6.63. The molecule has 0 spiro atoms. The van der Waals surface area contributed by atoms with Crippen molar-refractivity contribution in [3.8, 4) is 17.1 Å². The van der Waals surface area contributed by atoms with Gasteiger partial charge in [0.25, 0.3) is 5.91 Å². The monoisotopic (exact) mass is 483 g/mol. The van der Waals surface area contributed by atoms with Crippen LogP contribution in [0.15, 0.2) is 89.1 Å². The maximum atomic E-state index is 13.3. The summed E-state index contributed by atoms with van der Waals surface area (Å²) in [5.74, 6) is 1.55. The van der Waals surface area contributed by atoms with Gasteiger partial charge in [0.05, 0.1) is 24.6 Å². The Hall–Kier alpha value is -3.91. The van der Waals surface area contributed by atoms with E-state index in [-0.39, 0.29) is 17.7 Å². The molecule has 7 nitrogen and oxygen atoms in total. The Balaban J connectivity index is 1.33. The number of amides is 1. The molecule has 8 heteroatoms. The van der Waals surface area contributed by atoms with Crippen molar-refractivity contribution in [2.75, 3.05) is 12.9 Å². The van der Waals surface area contributed by atoms with Gasteiger partial charge in [-0.25, -0.2) is 9.99 Å². The number of carbonyl (C=O) groups excluding carboxylic acids is 1. The van der Waals surface area contributed by atoms with Gasteiger partial charge < -0.3 is 4.74 Å². The minimum absolute atomic E-state index is 0.0940. The van der Waals surface area contributed by atoms with E-state index in [0.717, 1.165) is 28.2 Å². The van der Waals surface area contributed by atoms with Crippen molar-refractivity contribution in [2.24, 2.45) is 5.10 Å². The molecule has 0 radical (unpaired) electrons. The van der Waals surface area contributed by atoms with Crippen LogP contribution in [0.25, 0.3) is 11.4 Å². The molecule has 1 aromatic heterocycles. The first-order valence-electron chi connectivity index (χ1n) is 11.3. The minimum atomic E-state index is -0.181. The fourth-order valence-corrected chi connectivity index (χ4v) is 4.63. The molecule has 1 aliphatic rings. The van der Waals surface area contributed by atoms with Crippen molar-refractivity contribution in [1.82, 2.24) is 20.2 Å². The summed E-state index contributed by atoms with van der Waals surface area (Å²) in [6.45, 7) is 2.04. The molecule has 1 N–H and O–H groups in total. The zero-order valence-corrected chi connectivity index (χ0v) is 20.3. The quantitative estimate of drug-likeness (QED) is 0.363. The van der Waals surface area contributed by atoms with E-state index < -0.39 is 0 Å². The van der Waals surface area contributed by atoms with Crippen molar-refractivity contribution >= 4 is 23.4 Å². The largest absolute Gasteiger partial charge is 0.497 e. The number of rotatable bonds is 7. The zero-order chi connectivity index (χ0) is 24.2. The van der Waals surface area contributed by atoms with E-state index in [1.54, 1.807) is 12.1 Å². The summed E-state index contributed by atoms with van der Waals surface area (Å²) in [7, 11) is 1.64. The van der Waals surface area contributed by atoms with Crippen LogP contribution in [0.2, 0.25) is 0 Å². The van der Waals surface area contributed by atoms with E-state index in [4.69, 9.17) is 9.84 Å². The van der Waals surface area contributed by atoms with Crippen molar-refractivity contribution < 1.29 is 9.53 Å². The Morgan fingerprint density at radius 3 is 2.49 bits per heavy atom. The smallest absolute Gasteiger partial charge is 0.253 e. The third kappa shape index (κ3) is 5.12. The van der Waals surface area contributed by atoms with E-state index in [1.807, 2.05) is 85.8 Å². The zero-order valence-electron chi connectivity index (χ0n) is 19.5. The summed E-state index contributed by atoms with van der Waals surface area (Å²) in [4.78, 5) is 17.9. The summed E-state index contributed by atoms with van der Waals surface area (Å²) in [6.07, 6.45) is 0.644. The first-order chi connectivity index (χ1) is 17.1. The summed E-state index contributed by atoms with van der Waals surface area (Å²) in [6, 6.07) is 25.7. The van der Waals surface area contributed by atoms with Gasteiger partial charge in [-0.05, 0) is 30.2 Å². The Morgan fingerprint density at radius 2 is 1.77 bits per heavy atom. The number of ether oxygens (including phenoxy) is 1. The fraction of sp³-hybridized carbons (Fsp3) is 0.185. The topological polar surface area (TPSA) is 83.5 Å². The van der Waals surface area contributed by atoms with Gasteiger partial charge in [0.15, 0.2) is 5.82 Å². The van der Waals surface area contributed by atoms with E-state index in [2.05, 4.69) is 15.2 Å². The molecule has 176 valence electrons. The lowest BCUT2D eigenvalue weighted by molar-refractivity contribution is -0.130. The van der Waals surface area contributed by atoms with Crippen molar-refractivity contribution in [1.29, 1.82) is 0 Å². The highest BCUT2D eigenvalue weighted by Gasteiger charge is 2.33. The number of nitrogens with one attached hydrogen (secondary N) is 1. The molecule has 5 rings (SSSR count). The van der Waals surface area contributed by atoms with Crippen LogP contribution in [0, 0.1) is 6.92 Å². The van der Waals surface area contributed by atoms with Gasteiger partial charge in [-0.2, -0.15) is 5.10 Å². The van der Waals surface area contributed by atoms with E-state index >= 15 is 0 Å². The predicted molar refractivity (Wildman–Crippen MR) is 137 cm³/mol. The average Bonchev–Trinajstić information content (AvgIpc) is 3.56. The number of aromatic amines is 1. The molecule has 2 heterocycles. The van der Waals surface area contributed by atoms with Gasteiger partial charge >= 0.3 is 0 Å². The second-order valence-corrected chi connectivity index (χ2v) is 9.21. The van der Waals surface area contributed by atoms with Crippen LogP contribution in [0.4, 0.5) is 0 Å². The number of thioether (sulfide) groups is 1. The Morgan fingerprint density at radius 1 is 1.03 bits per heavy atom. The van der Waals surface area contributed by atoms with Gasteiger partial charge in [-0.1, -0.05) is 84.1 Å². The van der Waals surface area contributed by atoms with Crippen molar-refractivity contribution in [2.45, 2.75) is 24.5 Å². The number of methoxy groups -OCH3 is 1. The molecule has 1 atom stereocenters. The molecule has 3 aromatic carbocycles. The highest BCUT2D eigenvalue weighted by Crippen LogP contribution is 2.34. The number of carbonyl (C=O) groups is 1. The highest BCUT2D eigenvalue weighted by atomic mass is 32.2. The van der Waals surface area contributed by atoms with Crippen LogP contribution in [0.3, 0.4) is 0 Å². The van der Waals surface area contributed by atoms with Gasteiger partial charge in [0.2, 0.25) is 5.16 Å². The molecule has 0 saturated carbocycles. The average molecular weight is 484 g/mol. The Bertz CT molecular complexity index is 1330. The van der Waals surface area contributed by atoms with E-state index in [1.165, 1.54) is 17.3 Å². The van der Waals surface area contributed by atoms with Crippen LogP contribution in [0.1, 0.15) is 29.2 Å². The molecule has 1 aliphatic heterocycles. The number of hydrogen-bond donors (Lipinski definition) is 1. The summed E-state index contributed by atoms with van der Waals surface area (Å²) in [5.41, 5.74) is 5.06. The number of hydrogen-bond acceptors (Lipinski definition) is 6. The molecule has 35 heavy (non-hydrogen) atoms. The summed E-state index contributed by atoms with van der Waals surface area (Å²) in [5, 5.41) is 14.1. The lowest BCUT2D eigenvalue weighted by atomic mass is 9.98. The number of H-pyrrole nitrogens is 1. The second kappa shape index (κ2) is 10.1. The number of nitrogens with zero attached hydrogens (tertiary/aromatic N) is 4. The fourth-order valence-electron chi connectivity index (χ4n) is 3.97. The van der Waals surface area contributed by atoms with Crippen LogP contribution >= 0.6 is 11.8 Å². The molecule has 0 unspecified atom stereocenters. The maximum absolute atomic E-state index is 13.3. The van der Waals surface area contributed by atoms with Gasteiger partial charge in [0.1, 0.15) is 5.75 Å². The molecule has 0 bridgehead atoms. The lowest BCUT2D eigenvalue weighted by Crippen LogP contribution is -2.28. The van der Waals surface area contributed by atoms with Crippen molar-refractivity contribution in [3.63, 3.8) is 0 Å². The second-order valence-electron chi connectivity index (χ2n) is 8.27. The molecular formula is C27H25N5O2S. The van der Waals surface area contributed by atoms with Crippen LogP contribution in [-0.4, -0.2) is 44.7 Å². The molecule has 4 aromatic rings. The third-order valence-electron chi connectivity index (χ3n) is 5.89. The number of aromatic nitrogens is 3. The number of benzene rings is 3. The van der Waals surface area contributed by atoms with Gasteiger partial charge in [0, 0.05) is 12.0 Å². The first kappa shape index (κ1) is 22.9. The molecular weight excluding hydrogens is 458 g/mol. The minimum Gasteiger partial charge on any atom is -0.497 e. The molecule has 0 saturated heterocycles. The SMILES string of the molecule is COc1ccc([C@@H]2CC(c3ccccc3)=NN2C(=O)CSc2n[nH]c(-c3ccc(C)cc3)n2)cc1. The van der Waals surface area contributed by atoms with Gasteiger partial charge in [-0.3, -0.25) is 9.89 Å². The lowest BCUT2D eigenvalue weighted by Gasteiger charge is -2.22. The summed E-state index contributed by atoms with van der Waals surface area (Å²) >= 11 is 1.30. The number of aryl methyl sites for hydroxylation is 1. The first-order valence-corrected chi connectivity index (χ1v) is 12.3. The van der Waals surface area contributed by atoms with Crippen LogP contribution in [0.5, 0.6) is 5.75 Å². The molecule has 1 amide bonds. The Labute approximate surface area is 208 Å². The normalized spacial score (nSPS) is 15.2. The number of hydrazone groups is 1. The predicted octanol–water partition coefficient (Wildman–Crippen LogP) is 5.26. The van der Waals surface area contributed by atoms with Crippen molar-refractivity contribution in [3.05, 3.63) is 95.6 Å². The highest BCUT2D eigenvalue weighted by molar-refractivity contribution is 7.99.